The van der Waals surface area contributed by atoms with Crippen molar-refractivity contribution in [3.8, 4) is 5.88 Å². The number of carbonyl (C=O) groups excluding carboxylic acids is 2. The molecule has 6 N–H and O–H groups in total. The van der Waals surface area contributed by atoms with Crippen molar-refractivity contribution in [3.05, 3.63) is 78.1 Å². The monoisotopic (exact) mass is 785 g/mol. The second-order valence-corrected chi connectivity index (χ2v) is 15.4. The van der Waals surface area contributed by atoms with Crippen LogP contribution >= 0.6 is 7.67 Å². The highest BCUT2D eigenvalue weighted by molar-refractivity contribution is 7.54. The number of nitrogens with zero attached hydrogens (tertiary/aromatic N) is 4. The van der Waals surface area contributed by atoms with Crippen molar-refractivity contribution >= 4 is 36.7 Å². The first-order valence-corrected chi connectivity index (χ1v) is 19.6. The number of benzene rings is 2. The number of ether oxygens (including phenoxy) is 4. The maximum absolute atomic E-state index is 15.2. The van der Waals surface area contributed by atoms with E-state index in [9.17, 15) is 19.8 Å². The average Bonchev–Trinajstić information content (AvgIpc) is 3.56. The Morgan fingerprint density at radius 2 is 1.35 bits per heavy atom. The number of nitrogen functional groups attached to an aromatic ring is 1. The Morgan fingerprint density at radius 1 is 0.836 bits per heavy atom. The molecular formula is C37H52N7O10P. The minimum atomic E-state index is -4.53. The van der Waals surface area contributed by atoms with Crippen LogP contribution in [0.5, 0.6) is 5.88 Å². The van der Waals surface area contributed by atoms with Gasteiger partial charge in [0.1, 0.15) is 30.5 Å². The second-order valence-electron chi connectivity index (χ2n) is 13.5. The summed E-state index contributed by atoms with van der Waals surface area (Å²) >= 11 is 0. The zero-order chi connectivity index (χ0) is 40.3. The molecule has 55 heavy (non-hydrogen) atoms. The lowest BCUT2D eigenvalue weighted by atomic mass is 10.1. The Kier molecular flexibility index (Phi) is 15.7. The summed E-state index contributed by atoms with van der Waals surface area (Å²) in [5, 5.41) is 27.3. The smallest absolute Gasteiger partial charge is 0.342 e. The number of hydrogen-bond acceptors (Lipinski definition) is 14. The molecule has 0 fully saturated rings. The number of imidazole rings is 1. The molecule has 2 aromatic heterocycles. The summed E-state index contributed by atoms with van der Waals surface area (Å²) in [6.45, 7) is 9.10. The Hall–Kier alpha value is -4.48. The van der Waals surface area contributed by atoms with Crippen LogP contribution in [-0.2, 0) is 45.7 Å². The van der Waals surface area contributed by atoms with Gasteiger partial charge in [-0.2, -0.15) is 9.97 Å². The van der Waals surface area contributed by atoms with E-state index < -0.39 is 75.0 Å². The van der Waals surface area contributed by atoms with Crippen LogP contribution in [0.15, 0.2) is 67.0 Å². The lowest BCUT2D eigenvalue weighted by Gasteiger charge is -2.32. The van der Waals surface area contributed by atoms with Gasteiger partial charge >= 0.3 is 19.6 Å². The molecule has 0 aliphatic carbocycles. The zero-order valence-electron chi connectivity index (χ0n) is 32.1. The molecule has 4 aromatic rings. The molecule has 2 heterocycles. The first-order chi connectivity index (χ1) is 26.1. The Bertz CT molecular complexity index is 1810. The van der Waals surface area contributed by atoms with Crippen LogP contribution in [-0.4, -0.2) is 98.0 Å². The number of rotatable bonds is 21. The van der Waals surface area contributed by atoms with Crippen molar-refractivity contribution in [2.45, 2.75) is 103 Å². The van der Waals surface area contributed by atoms with Gasteiger partial charge in [0.2, 0.25) is 11.8 Å². The number of nitrogens with one attached hydrogen (secondary N) is 2. The molecule has 5 unspecified atom stereocenters. The van der Waals surface area contributed by atoms with Gasteiger partial charge in [0.05, 0.1) is 38.4 Å². The molecular weight excluding hydrogens is 733 g/mol. The number of anilines is 1. The summed E-state index contributed by atoms with van der Waals surface area (Å²) in [5.41, 5.74) is 7.90. The van der Waals surface area contributed by atoms with E-state index in [1.54, 1.807) is 83.1 Å². The summed E-state index contributed by atoms with van der Waals surface area (Å²) in [7, 11) is -3.12. The third kappa shape index (κ3) is 12.5. The minimum absolute atomic E-state index is 0.0383. The summed E-state index contributed by atoms with van der Waals surface area (Å²) in [6, 6.07) is 15.6. The second kappa shape index (κ2) is 19.9. The van der Waals surface area contributed by atoms with Crippen LogP contribution in [0.4, 0.5) is 5.95 Å². The number of aliphatic hydroxyl groups is 2. The third-order valence-electron chi connectivity index (χ3n) is 8.15. The number of aromatic nitrogens is 4. The van der Waals surface area contributed by atoms with E-state index in [-0.39, 0.29) is 30.3 Å². The fourth-order valence-corrected chi connectivity index (χ4v) is 7.35. The fourth-order valence-electron chi connectivity index (χ4n) is 5.56. The van der Waals surface area contributed by atoms with Gasteiger partial charge < -0.3 is 39.4 Å². The van der Waals surface area contributed by atoms with Crippen molar-refractivity contribution in [1.29, 1.82) is 0 Å². The molecule has 0 bridgehead atoms. The summed E-state index contributed by atoms with van der Waals surface area (Å²) < 4.78 is 45.4. The minimum Gasteiger partial charge on any atom is -0.479 e. The molecule has 300 valence electrons. The molecule has 0 spiro atoms. The van der Waals surface area contributed by atoms with Crippen LogP contribution < -0.4 is 20.6 Å². The molecule has 0 aliphatic heterocycles. The highest BCUT2D eigenvalue weighted by Crippen LogP contribution is 2.41. The van der Waals surface area contributed by atoms with Crippen molar-refractivity contribution in [1.82, 2.24) is 29.7 Å². The van der Waals surface area contributed by atoms with E-state index in [2.05, 4.69) is 25.1 Å². The van der Waals surface area contributed by atoms with Crippen molar-refractivity contribution in [2.24, 2.45) is 0 Å². The molecule has 0 radical (unpaired) electrons. The van der Waals surface area contributed by atoms with Crippen molar-refractivity contribution < 1.29 is 47.8 Å². The first kappa shape index (κ1) is 43.3. The lowest BCUT2D eigenvalue weighted by Crippen LogP contribution is -2.48. The van der Waals surface area contributed by atoms with Crippen LogP contribution in [0.3, 0.4) is 0 Å². The standard InChI is InChI=1S/C37H52N7O10P/c1-22(2)52-35(47)28(18-26-14-10-8-11-15-26)42-55(49,43-29(36(48)53-23(3)4)19-27-16-12-9-13-17-27)51-20-30(32(46)24(5)45)54-25(6)44-21-39-31-33(44)40-37(38)41-34(31)50-7/h8-17,21-25,28-30,32,45-46H,18-20H2,1-7H3,(H2,38,40,41)(H2,42,43,49)/t24?,25?,28?,29?,30-,32?,55?/m1/s1. The van der Waals surface area contributed by atoms with Gasteiger partial charge in [-0.25, -0.2) is 15.2 Å². The van der Waals surface area contributed by atoms with Gasteiger partial charge in [-0.15, -0.1) is 0 Å². The molecule has 4 rings (SSSR count). The molecule has 0 aliphatic rings. The molecule has 2 aromatic carbocycles. The topological polar surface area (TPSA) is 231 Å². The van der Waals surface area contributed by atoms with E-state index in [0.717, 1.165) is 11.1 Å². The normalized spacial score (nSPS) is 16.2. The van der Waals surface area contributed by atoms with E-state index in [1.165, 1.54) is 24.9 Å². The highest BCUT2D eigenvalue weighted by atomic mass is 31.2. The molecule has 6 atom stereocenters. The van der Waals surface area contributed by atoms with Gasteiger partial charge in [-0.3, -0.25) is 18.7 Å². The SMILES string of the molecule is COc1nc(N)nc2c1ncn2C(C)O[C@H](COP(=O)(NC(Cc1ccccc1)C(=O)OC(C)C)NC(Cc1ccccc1)C(=O)OC(C)C)C(O)C(C)O. The molecule has 0 saturated heterocycles. The van der Waals surface area contributed by atoms with E-state index in [1.807, 2.05) is 12.1 Å². The van der Waals surface area contributed by atoms with Crippen LogP contribution in [0.1, 0.15) is 58.9 Å². The van der Waals surface area contributed by atoms with Gasteiger partial charge in [-0.05, 0) is 65.5 Å². The number of methoxy groups -OCH3 is 1. The summed E-state index contributed by atoms with van der Waals surface area (Å²) in [6.07, 6.45) is -4.71. The number of aliphatic hydroxyl groups excluding tert-OH is 2. The molecule has 0 amide bonds. The largest absolute Gasteiger partial charge is 0.479 e. The van der Waals surface area contributed by atoms with E-state index in [0.29, 0.717) is 5.52 Å². The van der Waals surface area contributed by atoms with E-state index >= 15 is 4.57 Å². The van der Waals surface area contributed by atoms with E-state index in [4.69, 9.17) is 29.2 Å². The molecule has 17 nitrogen and oxygen atoms in total. The number of carbonyl (C=O) groups is 2. The maximum atomic E-state index is 15.2. The number of esters is 2. The fraction of sp³-hybridized carbons (Fsp3) is 0.486. The van der Waals surface area contributed by atoms with Gasteiger partial charge in [0.25, 0.3) is 0 Å². The van der Waals surface area contributed by atoms with Crippen LogP contribution in [0, 0.1) is 0 Å². The third-order valence-corrected chi connectivity index (χ3v) is 9.96. The quantitative estimate of drug-likeness (QED) is 0.0601. The first-order valence-electron chi connectivity index (χ1n) is 17.9. The molecule has 0 saturated carbocycles. The number of nitrogens with two attached hydrogens (primary N) is 1. The summed E-state index contributed by atoms with van der Waals surface area (Å²) in [4.78, 5) is 39.7. The molecule has 18 heteroatoms. The van der Waals surface area contributed by atoms with Gasteiger partial charge in [0, 0.05) is 0 Å². The Balaban J connectivity index is 1.72. The van der Waals surface area contributed by atoms with Crippen LogP contribution in [0.2, 0.25) is 0 Å². The van der Waals surface area contributed by atoms with Crippen molar-refractivity contribution in [2.75, 3.05) is 19.5 Å². The predicted octanol–water partition coefficient (Wildman–Crippen LogP) is 3.49. The lowest BCUT2D eigenvalue weighted by molar-refractivity contribution is -0.150. The number of fused-ring (bicyclic) bond motifs is 1. The maximum Gasteiger partial charge on any atom is 0.342 e. The van der Waals surface area contributed by atoms with Crippen LogP contribution in [0.25, 0.3) is 11.2 Å². The van der Waals surface area contributed by atoms with Crippen molar-refractivity contribution in [3.63, 3.8) is 0 Å². The predicted molar refractivity (Wildman–Crippen MR) is 204 cm³/mol. The average molecular weight is 786 g/mol. The number of hydrogen-bond donors (Lipinski definition) is 5. The Labute approximate surface area is 320 Å². The zero-order valence-corrected chi connectivity index (χ0v) is 33.0. The Morgan fingerprint density at radius 3 is 1.80 bits per heavy atom. The van der Waals surface area contributed by atoms with Gasteiger partial charge in [-0.1, -0.05) is 60.7 Å². The highest BCUT2D eigenvalue weighted by Gasteiger charge is 2.39. The van der Waals surface area contributed by atoms with Gasteiger partial charge in [0.15, 0.2) is 11.2 Å². The summed E-state index contributed by atoms with van der Waals surface area (Å²) in [5.74, 6) is -1.38.